The van der Waals surface area contributed by atoms with Gasteiger partial charge in [0.05, 0.1) is 10.0 Å². The maximum atomic E-state index is 12.3. The number of aromatic nitrogens is 2. The summed E-state index contributed by atoms with van der Waals surface area (Å²) >= 11 is 11.9. The molecule has 0 atom stereocenters. The molecule has 0 bridgehead atoms. The summed E-state index contributed by atoms with van der Waals surface area (Å²) in [4.78, 5) is 25.3. The Bertz CT molecular complexity index is 935. The lowest BCUT2D eigenvalue weighted by Crippen LogP contribution is -2.37. The summed E-state index contributed by atoms with van der Waals surface area (Å²) in [5, 5.41) is 7.21. The molecule has 0 aliphatic rings. The molecule has 0 radical (unpaired) electrons. The minimum atomic E-state index is -0.425. The van der Waals surface area contributed by atoms with Crippen molar-refractivity contribution in [1.29, 1.82) is 0 Å². The van der Waals surface area contributed by atoms with Crippen molar-refractivity contribution in [2.45, 2.75) is 13.3 Å². The van der Waals surface area contributed by atoms with E-state index < -0.39 is 5.91 Å². The summed E-state index contributed by atoms with van der Waals surface area (Å²) in [6, 6.07) is 10.4. The predicted molar refractivity (Wildman–Crippen MR) is 98.2 cm³/mol. The van der Waals surface area contributed by atoms with Crippen LogP contribution in [0.4, 0.5) is 0 Å². The molecule has 3 aromatic rings. The van der Waals surface area contributed by atoms with Gasteiger partial charge in [-0.1, -0.05) is 23.2 Å². The Hall–Kier alpha value is -2.57. The molecule has 1 N–H and O–H groups in total. The van der Waals surface area contributed by atoms with Crippen LogP contribution in [0.25, 0.3) is 11.3 Å². The zero-order chi connectivity index (χ0) is 18.7. The first-order valence-corrected chi connectivity index (χ1v) is 8.57. The van der Waals surface area contributed by atoms with Gasteiger partial charge in [0, 0.05) is 31.6 Å². The van der Waals surface area contributed by atoms with Crippen molar-refractivity contribution in [3.8, 4) is 11.3 Å². The topological polar surface area (TPSA) is 79.2 Å². The second kappa shape index (κ2) is 7.76. The molecule has 0 saturated carbocycles. The van der Waals surface area contributed by atoms with E-state index in [0.29, 0.717) is 28.0 Å². The minimum Gasteiger partial charge on any atom is -0.461 e. The molecule has 0 fully saturated rings. The van der Waals surface area contributed by atoms with Crippen molar-refractivity contribution in [3.63, 3.8) is 0 Å². The molecular weight excluding hydrogens is 377 g/mol. The molecule has 1 aromatic carbocycles. The zero-order valence-corrected chi connectivity index (χ0v) is 15.3. The normalized spacial score (nSPS) is 10.7. The van der Waals surface area contributed by atoms with E-state index in [2.05, 4.69) is 10.2 Å². The van der Waals surface area contributed by atoms with Crippen molar-refractivity contribution in [2.75, 3.05) is 6.54 Å². The van der Waals surface area contributed by atoms with E-state index in [4.69, 9.17) is 27.6 Å². The maximum Gasteiger partial charge on any atom is 0.278 e. The monoisotopic (exact) mass is 391 g/mol. The molecule has 0 spiro atoms. The fourth-order valence-corrected chi connectivity index (χ4v) is 2.76. The quantitative estimate of drug-likeness (QED) is 0.706. The molecule has 2 heterocycles. The van der Waals surface area contributed by atoms with E-state index >= 15 is 0 Å². The Morgan fingerprint density at radius 1 is 1.15 bits per heavy atom. The molecule has 0 aliphatic carbocycles. The van der Waals surface area contributed by atoms with Crippen molar-refractivity contribution in [1.82, 2.24) is 15.1 Å². The third-order valence-electron chi connectivity index (χ3n) is 3.80. The minimum absolute atomic E-state index is 0.196. The van der Waals surface area contributed by atoms with E-state index in [9.17, 15) is 9.59 Å². The first-order chi connectivity index (χ1) is 12.5. The zero-order valence-electron chi connectivity index (χ0n) is 13.8. The summed E-state index contributed by atoms with van der Waals surface area (Å²) in [5.74, 6) is 0.509. The van der Waals surface area contributed by atoms with Crippen LogP contribution in [0, 0.1) is 0 Å². The molecule has 0 unspecified atom stereocenters. The average Bonchev–Trinajstić information content (AvgIpc) is 3.28. The second-order valence-corrected chi connectivity index (χ2v) is 6.41. The molecule has 0 saturated heterocycles. The lowest BCUT2D eigenvalue weighted by molar-refractivity contribution is -0.126. The highest BCUT2D eigenvalue weighted by Crippen LogP contribution is 2.29. The van der Waals surface area contributed by atoms with Gasteiger partial charge in [0.2, 0.25) is 5.91 Å². The van der Waals surface area contributed by atoms with E-state index in [1.807, 2.05) is 6.07 Å². The number of hydrogen-bond donors (Lipinski definition) is 1. The van der Waals surface area contributed by atoms with Crippen LogP contribution < -0.4 is 0 Å². The molecular formula is C18H15Cl2N3O3. The van der Waals surface area contributed by atoms with Gasteiger partial charge in [0.15, 0.2) is 0 Å². The van der Waals surface area contributed by atoms with E-state index in [1.165, 1.54) is 19.2 Å². The molecule has 134 valence electrons. The van der Waals surface area contributed by atoms with Gasteiger partial charge in [-0.15, -0.1) is 0 Å². The smallest absolute Gasteiger partial charge is 0.278 e. The maximum absolute atomic E-state index is 12.3. The Balaban J connectivity index is 1.71. The van der Waals surface area contributed by atoms with Crippen molar-refractivity contribution >= 4 is 35.0 Å². The number of rotatable bonds is 5. The lowest BCUT2D eigenvalue weighted by atomic mass is 10.2. The van der Waals surface area contributed by atoms with Crippen LogP contribution in [0.15, 0.2) is 47.0 Å². The van der Waals surface area contributed by atoms with Crippen molar-refractivity contribution in [2.24, 2.45) is 0 Å². The average molecular weight is 392 g/mol. The van der Waals surface area contributed by atoms with Gasteiger partial charge in [-0.2, -0.15) is 5.10 Å². The number of nitrogens with one attached hydrogen (secondary N) is 1. The number of nitrogens with zero attached hydrogens (tertiary/aromatic N) is 2. The van der Waals surface area contributed by atoms with Crippen molar-refractivity contribution < 1.29 is 14.0 Å². The number of H-pyrrole nitrogens is 1. The van der Waals surface area contributed by atoms with Gasteiger partial charge in [-0.25, -0.2) is 0 Å². The summed E-state index contributed by atoms with van der Waals surface area (Å²) in [6.07, 6.45) is 1.85. The van der Waals surface area contributed by atoms with Gasteiger partial charge >= 0.3 is 0 Å². The third-order valence-corrected chi connectivity index (χ3v) is 4.54. The largest absolute Gasteiger partial charge is 0.461 e. The summed E-state index contributed by atoms with van der Waals surface area (Å²) in [7, 11) is 0. The SMILES string of the molecule is CC(=O)N(CCc1ccc(-c2ccc(Cl)c(Cl)c2)o1)C(=O)c1ccn[nH]1. The molecule has 0 aliphatic heterocycles. The van der Waals surface area contributed by atoms with E-state index in [-0.39, 0.29) is 18.1 Å². The van der Waals surface area contributed by atoms with Gasteiger partial charge in [-0.3, -0.25) is 19.6 Å². The van der Waals surface area contributed by atoms with Crippen LogP contribution >= 0.6 is 23.2 Å². The first-order valence-electron chi connectivity index (χ1n) is 7.81. The molecule has 6 nitrogen and oxygen atoms in total. The number of aromatic amines is 1. The number of carbonyl (C=O) groups excluding carboxylic acids is 2. The first kappa shape index (κ1) is 18.2. The summed E-state index contributed by atoms with van der Waals surface area (Å²) in [6.45, 7) is 1.54. The van der Waals surface area contributed by atoms with Gasteiger partial charge in [0.1, 0.15) is 17.2 Å². The van der Waals surface area contributed by atoms with Crippen LogP contribution in [-0.2, 0) is 11.2 Å². The highest BCUT2D eigenvalue weighted by Gasteiger charge is 2.21. The molecule has 2 aromatic heterocycles. The van der Waals surface area contributed by atoms with Crippen LogP contribution in [0.1, 0.15) is 23.2 Å². The number of furan rings is 1. The van der Waals surface area contributed by atoms with Crippen LogP contribution in [0.3, 0.4) is 0 Å². The molecule has 3 rings (SSSR count). The highest BCUT2D eigenvalue weighted by atomic mass is 35.5. The highest BCUT2D eigenvalue weighted by molar-refractivity contribution is 6.42. The number of hydrogen-bond acceptors (Lipinski definition) is 4. The fourth-order valence-electron chi connectivity index (χ4n) is 2.46. The van der Waals surface area contributed by atoms with Crippen molar-refractivity contribution in [3.05, 3.63) is 64.1 Å². The molecule has 2 amide bonds. The summed E-state index contributed by atoms with van der Waals surface area (Å²) in [5.41, 5.74) is 1.05. The fraction of sp³-hybridized carbons (Fsp3) is 0.167. The number of halogens is 2. The Morgan fingerprint density at radius 2 is 1.96 bits per heavy atom. The van der Waals surface area contributed by atoms with Gasteiger partial charge in [0.25, 0.3) is 5.91 Å². The second-order valence-electron chi connectivity index (χ2n) is 5.59. The number of carbonyl (C=O) groups is 2. The number of amides is 2. The predicted octanol–water partition coefficient (Wildman–Crippen LogP) is 4.21. The molecule has 8 heteroatoms. The number of imide groups is 1. The number of benzene rings is 1. The van der Waals surface area contributed by atoms with E-state index in [1.54, 1.807) is 24.3 Å². The van der Waals surface area contributed by atoms with Crippen LogP contribution in [-0.4, -0.2) is 33.5 Å². The molecule has 26 heavy (non-hydrogen) atoms. The summed E-state index contributed by atoms with van der Waals surface area (Å²) < 4.78 is 5.79. The van der Waals surface area contributed by atoms with E-state index in [0.717, 1.165) is 10.5 Å². The standard InChI is InChI=1S/C18H15Cl2N3O3/c1-11(24)23(18(25)16-6-8-21-22-16)9-7-13-3-5-17(26-13)12-2-4-14(19)15(20)10-12/h2-6,8,10H,7,9H2,1H3,(H,21,22). The Labute approximate surface area is 159 Å². The van der Waals surface area contributed by atoms with Crippen LogP contribution in [0.5, 0.6) is 0 Å². The van der Waals surface area contributed by atoms with Gasteiger partial charge < -0.3 is 4.42 Å². The lowest BCUT2D eigenvalue weighted by Gasteiger charge is -2.17. The Morgan fingerprint density at radius 3 is 2.62 bits per heavy atom. The van der Waals surface area contributed by atoms with Crippen LogP contribution in [0.2, 0.25) is 10.0 Å². The third kappa shape index (κ3) is 3.98. The Kier molecular flexibility index (Phi) is 5.44. The van der Waals surface area contributed by atoms with Gasteiger partial charge in [-0.05, 0) is 36.4 Å².